The Morgan fingerprint density at radius 1 is 0.969 bits per heavy atom. The number of ether oxygens (including phenoxy) is 3. The molecule has 0 aliphatic heterocycles. The fraction of sp³-hybridized carbons (Fsp3) is 0.217. The number of aromatic nitrogens is 4. The molecule has 9 nitrogen and oxygen atoms in total. The van der Waals surface area contributed by atoms with Crippen LogP contribution < -0.4 is 25.1 Å². The number of aryl methyl sites for hydroxylation is 1. The summed E-state index contributed by atoms with van der Waals surface area (Å²) >= 11 is 0. The molecule has 4 rings (SSSR count). The molecule has 1 N–H and O–H groups in total. The lowest BCUT2D eigenvalue weighted by Gasteiger charge is -2.13. The Labute approximate surface area is 184 Å². The number of hydrogen-bond acceptors (Lipinski definition) is 8. The Morgan fingerprint density at radius 3 is 2.53 bits per heavy atom. The lowest BCUT2D eigenvalue weighted by atomic mass is 10.1. The molecule has 0 saturated carbocycles. The molecule has 0 amide bonds. The van der Waals surface area contributed by atoms with E-state index in [2.05, 4.69) is 15.3 Å². The van der Waals surface area contributed by atoms with Gasteiger partial charge in [0.05, 0.1) is 38.9 Å². The first kappa shape index (κ1) is 21.1. The molecular formula is C23H23N5O4. The van der Waals surface area contributed by atoms with Crippen LogP contribution in [0.2, 0.25) is 0 Å². The van der Waals surface area contributed by atoms with Gasteiger partial charge in [0, 0.05) is 31.4 Å². The summed E-state index contributed by atoms with van der Waals surface area (Å²) in [5, 5.41) is 3.70. The maximum atomic E-state index is 12.9. The average molecular weight is 433 g/mol. The van der Waals surface area contributed by atoms with E-state index in [1.165, 1.54) is 10.9 Å². The van der Waals surface area contributed by atoms with Crippen LogP contribution in [-0.4, -0.2) is 40.8 Å². The fourth-order valence-electron chi connectivity index (χ4n) is 3.35. The van der Waals surface area contributed by atoms with Gasteiger partial charge < -0.3 is 24.1 Å². The van der Waals surface area contributed by atoms with Crippen molar-refractivity contribution in [3.05, 3.63) is 64.8 Å². The second-order valence-corrected chi connectivity index (χ2v) is 7.04. The summed E-state index contributed by atoms with van der Waals surface area (Å²) in [4.78, 5) is 26.2. The van der Waals surface area contributed by atoms with Crippen LogP contribution in [0.3, 0.4) is 0 Å². The summed E-state index contributed by atoms with van der Waals surface area (Å²) in [6.45, 7) is 0.425. The summed E-state index contributed by atoms with van der Waals surface area (Å²) in [7, 11) is 6.39. The zero-order valence-corrected chi connectivity index (χ0v) is 18.2. The van der Waals surface area contributed by atoms with Gasteiger partial charge in [-0.15, -0.1) is 0 Å². The second kappa shape index (κ2) is 8.93. The summed E-state index contributed by atoms with van der Waals surface area (Å²) in [5.74, 6) is 2.16. The van der Waals surface area contributed by atoms with Crippen molar-refractivity contribution < 1.29 is 14.2 Å². The molecule has 0 radical (unpaired) electrons. The molecule has 4 aromatic rings. The van der Waals surface area contributed by atoms with Crippen molar-refractivity contribution in [1.82, 2.24) is 19.5 Å². The zero-order valence-electron chi connectivity index (χ0n) is 18.2. The van der Waals surface area contributed by atoms with E-state index in [9.17, 15) is 4.79 Å². The molecule has 0 bridgehead atoms. The van der Waals surface area contributed by atoms with Gasteiger partial charge >= 0.3 is 0 Å². The highest BCUT2D eigenvalue weighted by Gasteiger charge is 2.15. The van der Waals surface area contributed by atoms with Gasteiger partial charge in [0.25, 0.3) is 5.56 Å². The molecule has 164 valence electrons. The molecule has 0 unspecified atom stereocenters. The number of methoxy groups -OCH3 is 3. The first-order valence-corrected chi connectivity index (χ1v) is 9.85. The lowest BCUT2D eigenvalue weighted by molar-refractivity contribution is 0.355. The first-order chi connectivity index (χ1) is 15.5. The van der Waals surface area contributed by atoms with Crippen LogP contribution in [0.5, 0.6) is 17.4 Å². The van der Waals surface area contributed by atoms with E-state index in [1.54, 1.807) is 40.6 Å². The van der Waals surface area contributed by atoms with Crippen molar-refractivity contribution >= 4 is 16.7 Å². The Balaban J connectivity index is 1.81. The standard InChI is InChI=1S/C23H23N5O4/c1-28-13-26-17-11-16(15-5-6-18(30-2)19(10-15)31-3)27-22(21(17)23(28)29)25-12-14-7-8-24-20(9-14)32-4/h5-11,13H,12H2,1-4H3,(H,25,27). The van der Waals surface area contributed by atoms with Gasteiger partial charge in [0.2, 0.25) is 5.88 Å². The first-order valence-electron chi connectivity index (χ1n) is 9.85. The van der Waals surface area contributed by atoms with E-state index >= 15 is 0 Å². The van der Waals surface area contributed by atoms with Crippen LogP contribution in [0.4, 0.5) is 5.82 Å². The van der Waals surface area contributed by atoms with Crippen molar-refractivity contribution in [3.63, 3.8) is 0 Å². The summed E-state index contributed by atoms with van der Waals surface area (Å²) < 4.78 is 17.4. The molecule has 32 heavy (non-hydrogen) atoms. The van der Waals surface area contributed by atoms with Gasteiger partial charge in [-0.25, -0.2) is 15.0 Å². The Kier molecular flexibility index (Phi) is 5.89. The normalized spacial score (nSPS) is 10.8. The molecule has 0 fully saturated rings. The van der Waals surface area contributed by atoms with Crippen molar-refractivity contribution in [2.24, 2.45) is 7.05 Å². The van der Waals surface area contributed by atoms with Crippen LogP contribution in [0.1, 0.15) is 5.56 Å². The molecule has 0 aliphatic carbocycles. The molecule has 0 aliphatic rings. The Bertz CT molecular complexity index is 1340. The molecular weight excluding hydrogens is 410 g/mol. The van der Waals surface area contributed by atoms with Crippen LogP contribution in [0.15, 0.2) is 53.7 Å². The van der Waals surface area contributed by atoms with Gasteiger partial charge in [-0.1, -0.05) is 0 Å². The predicted octanol–water partition coefficient (Wildman–Crippen LogP) is 3.03. The van der Waals surface area contributed by atoms with Crippen molar-refractivity contribution in [2.45, 2.75) is 6.54 Å². The van der Waals surface area contributed by atoms with Crippen molar-refractivity contribution in [1.29, 1.82) is 0 Å². The number of fused-ring (bicyclic) bond motifs is 1. The second-order valence-electron chi connectivity index (χ2n) is 7.04. The fourth-order valence-corrected chi connectivity index (χ4v) is 3.35. The highest BCUT2D eigenvalue weighted by molar-refractivity contribution is 5.91. The third kappa shape index (κ3) is 4.04. The van der Waals surface area contributed by atoms with Gasteiger partial charge in [0.1, 0.15) is 11.2 Å². The number of rotatable bonds is 7. The quantitative estimate of drug-likeness (QED) is 0.475. The Hall–Kier alpha value is -4.14. The minimum atomic E-state index is -0.184. The summed E-state index contributed by atoms with van der Waals surface area (Å²) in [6.07, 6.45) is 3.17. The zero-order chi connectivity index (χ0) is 22.7. The average Bonchev–Trinajstić information content (AvgIpc) is 2.84. The highest BCUT2D eigenvalue weighted by Crippen LogP contribution is 2.33. The molecule has 3 aromatic heterocycles. The highest BCUT2D eigenvalue weighted by atomic mass is 16.5. The molecule has 3 heterocycles. The maximum absolute atomic E-state index is 12.9. The number of anilines is 1. The van der Waals surface area contributed by atoms with E-state index in [-0.39, 0.29) is 5.56 Å². The molecule has 0 atom stereocenters. The topological polar surface area (TPSA) is 100 Å². The van der Waals surface area contributed by atoms with Crippen LogP contribution in [-0.2, 0) is 13.6 Å². The van der Waals surface area contributed by atoms with Crippen molar-refractivity contribution in [3.8, 4) is 28.6 Å². The van der Waals surface area contributed by atoms with Crippen LogP contribution >= 0.6 is 0 Å². The van der Waals surface area contributed by atoms with Gasteiger partial charge in [-0.05, 0) is 35.9 Å². The number of benzene rings is 1. The third-order valence-electron chi connectivity index (χ3n) is 5.05. The van der Waals surface area contributed by atoms with E-state index in [0.717, 1.165) is 11.1 Å². The monoisotopic (exact) mass is 433 g/mol. The molecule has 9 heteroatoms. The minimum Gasteiger partial charge on any atom is -0.493 e. The maximum Gasteiger partial charge on any atom is 0.264 e. The van der Waals surface area contributed by atoms with E-state index in [4.69, 9.17) is 19.2 Å². The van der Waals surface area contributed by atoms with E-state index < -0.39 is 0 Å². The number of pyridine rings is 2. The van der Waals surface area contributed by atoms with E-state index in [1.807, 2.05) is 30.3 Å². The smallest absolute Gasteiger partial charge is 0.264 e. The van der Waals surface area contributed by atoms with Gasteiger partial charge in [-0.3, -0.25) is 4.79 Å². The molecule has 0 saturated heterocycles. The Morgan fingerprint density at radius 2 is 1.78 bits per heavy atom. The lowest BCUT2D eigenvalue weighted by Crippen LogP contribution is -2.19. The SMILES string of the molecule is COc1cc(CNc2nc(-c3ccc(OC)c(OC)c3)cc3ncn(C)c(=O)c23)ccn1. The summed E-state index contributed by atoms with van der Waals surface area (Å²) in [6, 6.07) is 11.0. The number of nitrogens with zero attached hydrogens (tertiary/aromatic N) is 4. The van der Waals surface area contributed by atoms with Gasteiger partial charge in [0.15, 0.2) is 11.5 Å². The van der Waals surface area contributed by atoms with Crippen LogP contribution in [0, 0.1) is 0 Å². The van der Waals surface area contributed by atoms with Crippen molar-refractivity contribution in [2.75, 3.05) is 26.6 Å². The third-order valence-corrected chi connectivity index (χ3v) is 5.05. The van der Waals surface area contributed by atoms with E-state index in [0.29, 0.717) is 46.3 Å². The van der Waals surface area contributed by atoms with Crippen LogP contribution in [0.25, 0.3) is 22.2 Å². The predicted molar refractivity (Wildman–Crippen MR) is 121 cm³/mol. The van der Waals surface area contributed by atoms with Gasteiger partial charge in [-0.2, -0.15) is 0 Å². The summed E-state index contributed by atoms with van der Waals surface area (Å²) in [5.41, 5.74) is 2.75. The number of hydrogen-bond donors (Lipinski definition) is 1. The minimum absolute atomic E-state index is 0.184. The largest absolute Gasteiger partial charge is 0.493 e. The number of nitrogens with one attached hydrogen (secondary N) is 1. The molecule has 0 spiro atoms. The molecule has 1 aromatic carbocycles.